The highest BCUT2D eigenvalue weighted by molar-refractivity contribution is 6.33. The van der Waals surface area contributed by atoms with Crippen molar-refractivity contribution in [1.82, 2.24) is 4.90 Å². The molecule has 1 fully saturated rings. The molecule has 2 aromatic carbocycles. The van der Waals surface area contributed by atoms with E-state index in [0.29, 0.717) is 13.2 Å². The van der Waals surface area contributed by atoms with E-state index in [2.05, 4.69) is 31.9 Å². The molecule has 0 spiro atoms. The predicted molar refractivity (Wildman–Crippen MR) is 117 cm³/mol. The number of ether oxygens (including phenoxy) is 2. The van der Waals surface area contributed by atoms with Crippen LogP contribution in [-0.4, -0.2) is 63.4 Å². The van der Waals surface area contributed by atoms with Crippen LogP contribution < -0.4 is 14.4 Å². The van der Waals surface area contributed by atoms with Gasteiger partial charge in [0.1, 0.15) is 13.2 Å². The van der Waals surface area contributed by atoms with E-state index >= 15 is 0 Å². The number of para-hydroxylation sites is 1. The fourth-order valence-electron chi connectivity index (χ4n) is 3.54. The molecule has 1 saturated heterocycles. The van der Waals surface area contributed by atoms with Crippen molar-refractivity contribution in [3.63, 3.8) is 0 Å². The predicted octanol–water partition coefficient (Wildman–Crippen LogP) is 4.13. The van der Waals surface area contributed by atoms with Gasteiger partial charge in [0.2, 0.25) is 0 Å². The first-order chi connectivity index (χ1) is 14.3. The van der Waals surface area contributed by atoms with Crippen molar-refractivity contribution in [2.45, 2.75) is 6.42 Å². The lowest BCUT2D eigenvalue weighted by molar-refractivity contribution is 0.171. The third-order valence-electron chi connectivity index (χ3n) is 5.09. The lowest BCUT2D eigenvalue weighted by atomic mass is 10.2. The molecule has 0 amide bonds. The molecule has 7 heteroatoms. The number of hydrogen-bond donors (Lipinski definition) is 0. The lowest BCUT2D eigenvalue weighted by Gasteiger charge is -2.36. The number of benzene rings is 2. The van der Waals surface area contributed by atoms with Crippen molar-refractivity contribution < 1.29 is 9.47 Å². The van der Waals surface area contributed by atoms with Crippen LogP contribution in [0.3, 0.4) is 0 Å². The molecular weight excluding hydrogens is 388 g/mol. The van der Waals surface area contributed by atoms with Gasteiger partial charge < -0.3 is 14.4 Å². The van der Waals surface area contributed by atoms with Crippen molar-refractivity contribution in [1.29, 1.82) is 0 Å². The van der Waals surface area contributed by atoms with Gasteiger partial charge in [0, 0.05) is 38.8 Å². The maximum Gasteiger partial charge on any atom is 0.163 e. The summed E-state index contributed by atoms with van der Waals surface area (Å²) in [4.78, 5) is 13.4. The SMILES string of the molecule is Clc1ccccc1N1CCN(CCCN=C=Nc2ccc3c(c2)OCCO3)CC1. The van der Waals surface area contributed by atoms with Crippen LogP contribution in [0.15, 0.2) is 52.4 Å². The van der Waals surface area contributed by atoms with Crippen LogP contribution in [0, 0.1) is 0 Å². The number of fused-ring (bicyclic) bond motifs is 1. The van der Waals surface area contributed by atoms with Crippen molar-refractivity contribution in [3.8, 4) is 11.5 Å². The maximum atomic E-state index is 6.31. The standard InChI is InChI=1S/C22H25ClN4O2/c23-19-4-1-2-5-20(19)27-12-10-26(11-13-27)9-3-8-24-17-25-18-6-7-21-22(16-18)29-15-14-28-21/h1-2,4-7,16H,3,8-15H2. The summed E-state index contributed by atoms with van der Waals surface area (Å²) in [6.07, 6.45) is 0.996. The van der Waals surface area contributed by atoms with Crippen molar-refractivity contribution in [2.24, 2.45) is 9.98 Å². The van der Waals surface area contributed by atoms with E-state index in [1.165, 1.54) is 0 Å². The summed E-state index contributed by atoms with van der Waals surface area (Å²) < 4.78 is 11.1. The van der Waals surface area contributed by atoms with Gasteiger partial charge >= 0.3 is 0 Å². The molecule has 0 N–H and O–H groups in total. The second-order valence-corrected chi connectivity index (χ2v) is 7.46. The summed E-state index contributed by atoms with van der Waals surface area (Å²) in [7, 11) is 0. The Labute approximate surface area is 176 Å². The Balaban J connectivity index is 1.18. The number of rotatable bonds is 6. The zero-order valence-corrected chi connectivity index (χ0v) is 17.1. The Kier molecular flexibility index (Phi) is 6.67. The molecule has 2 aromatic rings. The van der Waals surface area contributed by atoms with Gasteiger partial charge in [-0.1, -0.05) is 23.7 Å². The van der Waals surface area contributed by atoms with E-state index in [1.807, 2.05) is 36.4 Å². The number of nitrogens with zero attached hydrogens (tertiary/aromatic N) is 4. The van der Waals surface area contributed by atoms with Crippen LogP contribution >= 0.6 is 11.6 Å². The van der Waals surface area contributed by atoms with Gasteiger partial charge in [-0.25, -0.2) is 4.99 Å². The largest absolute Gasteiger partial charge is 0.486 e. The van der Waals surface area contributed by atoms with Crippen molar-refractivity contribution >= 4 is 29.0 Å². The quantitative estimate of drug-likeness (QED) is 0.528. The summed E-state index contributed by atoms with van der Waals surface area (Å²) in [5.41, 5.74) is 1.91. The number of aliphatic imine (C=N–C) groups is 2. The normalized spacial score (nSPS) is 16.2. The minimum Gasteiger partial charge on any atom is -0.486 e. The number of anilines is 1. The molecule has 0 unspecified atom stereocenters. The average Bonchev–Trinajstić information content (AvgIpc) is 2.77. The van der Waals surface area contributed by atoms with Gasteiger partial charge in [-0.05, 0) is 30.7 Å². The van der Waals surface area contributed by atoms with Crippen LogP contribution in [0.1, 0.15) is 6.42 Å². The first-order valence-corrected chi connectivity index (χ1v) is 10.4. The monoisotopic (exact) mass is 412 g/mol. The molecule has 0 aliphatic carbocycles. The molecule has 2 aliphatic rings. The molecule has 0 radical (unpaired) electrons. The molecule has 4 rings (SSSR count). The van der Waals surface area contributed by atoms with E-state index in [9.17, 15) is 0 Å². The van der Waals surface area contributed by atoms with Crippen LogP contribution in [0.25, 0.3) is 0 Å². The summed E-state index contributed by atoms with van der Waals surface area (Å²) in [6.45, 7) is 7.00. The first kappa shape index (κ1) is 19.8. The second-order valence-electron chi connectivity index (χ2n) is 7.06. The van der Waals surface area contributed by atoms with Gasteiger partial charge in [-0.2, -0.15) is 4.99 Å². The molecule has 152 valence electrons. The number of piperazine rings is 1. The summed E-state index contributed by atoms with van der Waals surface area (Å²) in [5, 5.41) is 0.826. The molecular formula is C22H25ClN4O2. The zero-order chi connectivity index (χ0) is 19.9. The lowest BCUT2D eigenvalue weighted by Crippen LogP contribution is -2.46. The molecule has 0 atom stereocenters. The van der Waals surface area contributed by atoms with Crippen LogP contribution in [0.5, 0.6) is 11.5 Å². The Hall–Kier alpha value is -2.53. The maximum absolute atomic E-state index is 6.31. The zero-order valence-electron chi connectivity index (χ0n) is 16.4. The molecule has 2 heterocycles. The average molecular weight is 413 g/mol. The Morgan fingerprint density at radius 3 is 2.59 bits per heavy atom. The van der Waals surface area contributed by atoms with Crippen molar-refractivity contribution in [2.75, 3.05) is 57.4 Å². The molecule has 2 aliphatic heterocycles. The minimum atomic E-state index is 0.570. The van der Waals surface area contributed by atoms with Crippen molar-refractivity contribution in [3.05, 3.63) is 47.5 Å². The highest BCUT2D eigenvalue weighted by atomic mass is 35.5. The molecule has 0 saturated carbocycles. The topological polar surface area (TPSA) is 49.7 Å². The minimum absolute atomic E-state index is 0.570. The van der Waals surface area contributed by atoms with Gasteiger partial charge in [0.25, 0.3) is 0 Å². The van der Waals surface area contributed by atoms with Crippen LogP contribution in [0.4, 0.5) is 11.4 Å². The van der Waals surface area contributed by atoms with Gasteiger partial charge in [-0.15, -0.1) is 0 Å². The van der Waals surface area contributed by atoms with Gasteiger partial charge in [0.05, 0.1) is 29.0 Å². The molecule has 29 heavy (non-hydrogen) atoms. The third kappa shape index (κ3) is 5.30. The number of hydrogen-bond acceptors (Lipinski definition) is 6. The molecule has 0 bridgehead atoms. The van der Waals surface area contributed by atoms with Crippen LogP contribution in [-0.2, 0) is 0 Å². The van der Waals surface area contributed by atoms with E-state index in [0.717, 1.165) is 73.6 Å². The summed E-state index contributed by atoms with van der Waals surface area (Å²) in [5.74, 6) is 1.50. The first-order valence-electron chi connectivity index (χ1n) is 10.0. The molecule has 0 aromatic heterocycles. The smallest absolute Gasteiger partial charge is 0.163 e. The highest BCUT2D eigenvalue weighted by Gasteiger charge is 2.18. The van der Waals surface area contributed by atoms with E-state index in [-0.39, 0.29) is 0 Å². The second kappa shape index (κ2) is 9.79. The van der Waals surface area contributed by atoms with Gasteiger partial charge in [0.15, 0.2) is 11.5 Å². The summed E-state index contributed by atoms with van der Waals surface area (Å²) in [6, 6.07) is 16.5. The van der Waals surface area contributed by atoms with E-state index in [1.54, 1.807) is 0 Å². The van der Waals surface area contributed by atoms with E-state index < -0.39 is 0 Å². The Morgan fingerprint density at radius 2 is 1.76 bits per heavy atom. The third-order valence-corrected chi connectivity index (χ3v) is 5.40. The fraction of sp³-hybridized carbons (Fsp3) is 0.409. The Bertz CT molecular complexity index is 890. The molecule has 6 nitrogen and oxygen atoms in total. The van der Waals surface area contributed by atoms with Gasteiger partial charge in [-0.3, -0.25) is 4.90 Å². The number of halogens is 1. The van der Waals surface area contributed by atoms with E-state index in [4.69, 9.17) is 21.1 Å². The fourth-order valence-corrected chi connectivity index (χ4v) is 3.79. The Morgan fingerprint density at radius 1 is 0.966 bits per heavy atom. The van der Waals surface area contributed by atoms with Crippen LogP contribution in [0.2, 0.25) is 5.02 Å². The summed E-state index contributed by atoms with van der Waals surface area (Å²) >= 11 is 6.31. The highest BCUT2D eigenvalue weighted by Crippen LogP contribution is 2.33.